The minimum atomic E-state index is -1.02. The summed E-state index contributed by atoms with van der Waals surface area (Å²) < 4.78 is 23.4. The summed E-state index contributed by atoms with van der Waals surface area (Å²) >= 11 is 0. The van der Waals surface area contributed by atoms with Crippen molar-refractivity contribution >= 4 is 17.7 Å². The smallest absolute Gasteiger partial charge is 0.303 e. The standard InChI is InChI=1S/C26H38O8/c1-15(27)32-14-19(29)18-5-6-20-23(18,3)9-8-21-25-10-7-17(33-16(2)28)13-24(25,30)11-12-26(20,21)34-22(25)31-4/h17-18,20-22,30H,5-14H2,1-4H3/t17-,18-,20-,21-,22-,23-,24+,25-,26-/m0/s1. The molecule has 34 heavy (non-hydrogen) atoms. The number of ether oxygens (including phenoxy) is 4. The van der Waals surface area contributed by atoms with Crippen LogP contribution < -0.4 is 0 Å². The number of fused-ring (bicyclic) bond motifs is 1. The van der Waals surface area contributed by atoms with E-state index in [-0.39, 0.29) is 47.6 Å². The third kappa shape index (κ3) is 3.10. The first-order valence-corrected chi connectivity index (χ1v) is 12.8. The normalized spacial score (nSPS) is 48.9. The van der Waals surface area contributed by atoms with Gasteiger partial charge in [0.15, 0.2) is 12.1 Å². The number of methoxy groups -OCH3 is 1. The van der Waals surface area contributed by atoms with Gasteiger partial charge in [-0.05, 0) is 62.7 Å². The molecule has 0 radical (unpaired) electrons. The Hall–Kier alpha value is -1.51. The van der Waals surface area contributed by atoms with Gasteiger partial charge in [-0.25, -0.2) is 0 Å². The number of aliphatic hydroxyl groups is 1. The molecule has 0 aromatic heterocycles. The highest BCUT2D eigenvalue weighted by Crippen LogP contribution is 2.75. The SMILES string of the molecule is CO[C@H]1O[C@]23CC[C@@]4(O)C[C@@H](OC(C)=O)CC[C@]14[C@@H]2CC[C@@]1(C)[C@H](C(=O)COC(C)=O)CC[C@@H]13. The van der Waals surface area contributed by atoms with E-state index in [0.717, 1.165) is 25.7 Å². The number of ketones is 1. The van der Waals surface area contributed by atoms with Crippen molar-refractivity contribution in [3.05, 3.63) is 0 Å². The van der Waals surface area contributed by atoms with Crippen LogP contribution >= 0.6 is 0 Å². The molecule has 0 unspecified atom stereocenters. The van der Waals surface area contributed by atoms with E-state index in [1.165, 1.54) is 13.8 Å². The van der Waals surface area contributed by atoms with Crippen molar-refractivity contribution in [2.75, 3.05) is 13.7 Å². The van der Waals surface area contributed by atoms with Crippen LogP contribution in [0.3, 0.4) is 0 Å². The summed E-state index contributed by atoms with van der Waals surface area (Å²) in [4.78, 5) is 35.9. The van der Waals surface area contributed by atoms with E-state index in [1.807, 2.05) is 0 Å². The molecular formula is C26H38O8. The molecule has 1 heterocycles. The lowest BCUT2D eigenvalue weighted by atomic mass is 9.42. The van der Waals surface area contributed by atoms with Gasteiger partial charge in [0.25, 0.3) is 0 Å². The van der Waals surface area contributed by atoms with Crippen LogP contribution in [0.25, 0.3) is 0 Å². The van der Waals surface area contributed by atoms with Gasteiger partial charge in [0.2, 0.25) is 0 Å². The lowest BCUT2D eigenvalue weighted by Gasteiger charge is -2.63. The summed E-state index contributed by atoms with van der Waals surface area (Å²) in [7, 11) is 1.65. The van der Waals surface area contributed by atoms with Gasteiger partial charge in [-0.2, -0.15) is 0 Å². The van der Waals surface area contributed by atoms with Crippen molar-refractivity contribution in [2.24, 2.45) is 28.6 Å². The molecule has 0 aromatic rings. The third-order valence-electron chi connectivity index (χ3n) is 10.5. The number of rotatable bonds is 5. The molecule has 5 aliphatic rings. The minimum Gasteiger partial charge on any atom is -0.462 e. The van der Waals surface area contributed by atoms with E-state index in [0.29, 0.717) is 32.1 Å². The second kappa shape index (κ2) is 8.00. The van der Waals surface area contributed by atoms with E-state index in [2.05, 4.69) is 6.92 Å². The van der Waals surface area contributed by atoms with Gasteiger partial charge in [-0.3, -0.25) is 14.4 Å². The highest BCUT2D eigenvalue weighted by molar-refractivity contribution is 5.85. The Labute approximate surface area is 201 Å². The van der Waals surface area contributed by atoms with E-state index in [1.54, 1.807) is 7.11 Å². The third-order valence-corrected chi connectivity index (χ3v) is 10.5. The average Bonchev–Trinajstić information content (AvgIpc) is 3.23. The molecule has 5 rings (SSSR count). The number of carbonyl (C=O) groups excluding carboxylic acids is 3. The summed E-state index contributed by atoms with van der Waals surface area (Å²) in [5, 5.41) is 12.1. The van der Waals surface area contributed by atoms with Crippen molar-refractivity contribution < 1.29 is 38.4 Å². The summed E-state index contributed by atoms with van der Waals surface area (Å²) in [6.45, 7) is 4.78. The zero-order valence-corrected chi connectivity index (χ0v) is 20.8. The van der Waals surface area contributed by atoms with Gasteiger partial charge < -0.3 is 24.1 Å². The first-order valence-electron chi connectivity index (χ1n) is 12.8. The van der Waals surface area contributed by atoms with E-state index < -0.39 is 28.9 Å². The molecule has 0 amide bonds. The van der Waals surface area contributed by atoms with Crippen molar-refractivity contribution in [3.8, 4) is 0 Å². The number of esters is 2. The molecule has 0 aromatic carbocycles. The highest BCUT2D eigenvalue weighted by atomic mass is 16.7. The van der Waals surface area contributed by atoms with Gasteiger partial charge in [-0.1, -0.05) is 6.92 Å². The van der Waals surface area contributed by atoms with Gasteiger partial charge in [0.05, 0.1) is 16.6 Å². The van der Waals surface area contributed by atoms with Gasteiger partial charge in [-0.15, -0.1) is 0 Å². The van der Waals surface area contributed by atoms with Crippen LogP contribution in [0.15, 0.2) is 0 Å². The maximum Gasteiger partial charge on any atom is 0.303 e. The number of hydrogen-bond donors (Lipinski definition) is 1. The number of carbonyl (C=O) groups is 3. The molecule has 1 saturated heterocycles. The Bertz CT molecular complexity index is 888. The fourth-order valence-corrected chi connectivity index (χ4v) is 9.33. The monoisotopic (exact) mass is 478 g/mol. The van der Waals surface area contributed by atoms with Crippen molar-refractivity contribution in [3.63, 3.8) is 0 Å². The number of Topliss-reactive ketones (excluding diaryl/α,β-unsaturated/α-hetero) is 1. The predicted molar refractivity (Wildman–Crippen MR) is 119 cm³/mol. The van der Waals surface area contributed by atoms with E-state index >= 15 is 0 Å². The first kappa shape index (κ1) is 24.2. The predicted octanol–water partition coefficient (Wildman–Crippen LogP) is 2.93. The first-order chi connectivity index (χ1) is 16.0. The Morgan fingerprint density at radius 1 is 0.971 bits per heavy atom. The molecular weight excluding hydrogens is 440 g/mol. The maximum atomic E-state index is 13.1. The fourth-order valence-electron chi connectivity index (χ4n) is 9.33. The van der Waals surface area contributed by atoms with E-state index in [4.69, 9.17) is 18.9 Å². The Balaban J connectivity index is 1.46. The lowest BCUT2D eigenvalue weighted by molar-refractivity contribution is -0.241. The molecule has 2 bridgehead atoms. The molecule has 5 fully saturated rings. The van der Waals surface area contributed by atoms with E-state index in [9.17, 15) is 19.5 Å². The van der Waals surface area contributed by atoms with Crippen LogP contribution in [-0.4, -0.2) is 60.1 Å². The topological polar surface area (TPSA) is 108 Å². The number of hydrogen-bond acceptors (Lipinski definition) is 8. The summed E-state index contributed by atoms with van der Waals surface area (Å²) in [6, 6.07) is 0. The minimum absolute atomic E-state index is 0.000237. The van der Waals surface area contributed by atoms with Crippen LogP contribution in [0.5, 0.6) is 0 Å². The Morgan fingerprint density at radius 3 is 2.41 bits per heavy atom. The van der Waals surface area contributed by atoms with Gasteiger partial charge in [0, 0.05) is 39.2 Å². The average molecular weight is 479 g/mol. The molecule has 4 aliphatic carbocycles. The van der Waals surface area contributed by atoms with Crippen molar-refractivity contribution in [2.45, 2.75) is 102 Å². The Kier molecular flexibility index (Phi) is 5.69. The van der Waals surface area contributed by atoms with Crippen LogP contribution in [0.4, 0.5) is 0 Å². The second-order valence-electron chi connectivity index (χ2n) is 11.7. The quantitative estimate of drug-likeness (QED) is 0.601. The van der Waals surface area contributed by atoms with Crippen LogP contribution in [0, 0.1) is 28.6 Å². The molecule has 190 valence electrons. The molecule has 8 nitrogen and oxygen atoms in total. The zero-order valence-electron chi connectivity index (χ0n) is 20.8. The second-order valence-corrected chi connectivity index (χ2v) is 11.7. The maximum absolute atomic E-state index is 13.1. The molecule has 1 spiro atoms. The summed E-state index contributed by atoms with van der Waals surface area (Å²) in [6.07, 6.45) is 5.60. The largest absolute Gasteiger partial charge is 0.462 e. The fraction of sp³-hybridized carbons (Fsp3) is 0.885. The summed E-state index contributed by atoms with van der Waals surface area (Å²) in [5.41, 5.74) is -2.24. The lowest BCUT2D eigenvalue weighted by Crippen LogP contribution is -2.67. The van der Waals surface area contributed by atoms with Crippen molar-refractivity contribution in [1.29, 1.82) is 0 Å². The molecule has 4 saturated carbocycles. The van der Waals surface area contributed by atoms with Crippen LogP contribution in [0.2, 0.25) is 0 Å². The van der Waals surface area contributed by atoms with Crippen LogP contribution in [0.1, 0.15) is 78.6 Å². The highest BCUT2D eigenvalue weighted by Gasteiger charge is 2.79. The molecule has 8 heteroatoms. The van der Waals surface area contributed by atoms with Gasteiger partial charge >= 0.3 is 11.9 Å². The Morgan fingerprint density at radius 2 is 1.74 bits per heavy atom. The molecule has 9 atom stereocenters. The van der Waals surface area contributed by atoms with Crippen LogP contribution in [-0.2, 0) is 33.3 Å². The molecule has 1 N–H and O–H groups in total. The summed E-state index contributed by atoms with van der Waals surface area (Å²) in [5.74, 6) is -0.603. The zero-order chi connectivity index (χ0) is 24.5. The van der Waals surface area contributed by atoms with Crippen molar-refractivity contribution in [1.82, 2.24) is 0 Å². The van der Waals surface area contributed by atoms with Gasteiger partial charge in [0.1, 0.15) is 12.7 Å². The molecule has 1 aliphatic heterocycles.